The topological polar surface area (TPSA) is 97.6 Å². The van der Waals surface area contributed by atoms with Crippen LogP contribution in [-0.2, 0) is 29.1 Å². The van der Waals surface area contributed by atoms with Crippen LogP contribution in [0.2, 0.25) is 0 Å². The van der Waals surface area contributed by atoms with Crippen LogP contribution in [0.3, 0.4) is 0 Å². The second-order valence-corrected chi connectivity index (χ2v) is 10.5. The third-order valence-electron chi connectivity index (χ3n) is 5.29. The first-order valence-corrected chi connectivity index (χ1v) is 13.2. The molecule has 0 radical (unpaired) electrons. The molecule has 4 aromatic rings. The van der Waals surface area contributed by atoms with Gasteiger partial charge in [0.25, 0.3) is 0 Å². The average Bonchev–Trinajstić information content (AvgIpc) is 3.58. The maximum atomic E-state index is 13.6. The van der Waals surface area contributed by atoms with E-state index in [1.807, 2.05) is 41.9 Å². The highest BCUT2D eigenvalue weighted by Gasteiger charge is 2.28. The van der Waals surface area contributed by atoms with E-state index in [2.05, 4.69) is 29.1 Å². The van der Waals surface area contributed by atoms with Crippen LogP contribution >= 0.6 is 22.7 Å². The molecule has 3 heterocycles. The van der Waals surface area contributed by atoms with Gasteiger partial charge in [-0.1, -0.05) is 19.9 Å². The number of amides is 2. The number of nitrogens with one attached hydrogen (secondary N) is 1. The number of hydrogen-bond acceptors (Lipinski definition) is 8. The van der Waals surface area contributed by atoms with Gasteiger partial charge in [0.1, 0.15) is 18.2 Å². The highest BCUT2D eigenvalue weighted by molar-refractivity contribution is 7.09. The molecule has 0 fully saturated rings. The van der Waals surface area contributed by atoms with Crippen molar-refractivity contribution in [2.45, 2.75) is 46.4 Å². The number of hydrogen-bond donors (Lipinski definition) is 1. The van der Waals surface area contributed by atoms with E-state index in [0.717, 1.165) is 32.9 Å². The fraction of sp³-hybridized carbons (Fsp3) is 0.360. The van der Waals surface area contributed by atoms with Crippen molar-refractivity contribution in [1.82, 2.24) is 20.2 Å². The van der Waals surface area contributed by atoms with Crippen LogP contribution in [-0.4, -0.2) is 39.5 Å². The molecule has 0 aliphatic rings. The fourth-order valence-corrected chi connectivity index (χ4v) is 4.93. The van der Waals surface area contributed by atoms with E-state index in [4.69, 9.17) is 9.15 Å². The van der Waals surface area contributed by atoms with E-state index in [1.54, 1.807) is 28.0 Å². The maximum Gasteiger partial charge on any atom is 0.408 e. The Hall–Kier alpha value is -3.24. The first-order valence-electron chi connectivity index (χ1n) is 11.3. The Morgan fingerprint density at radius 2 is 2.06 bits per heavy atom. The molecule has 1 aromatic carbocycles. The van der Waals surface area contributed by atoms with E-state index < -0.39 is 12.1 Å². The number of thiazole rings is 2. The van der Waals surface area contributed by atoms with Gasteiger partial charge in [-0.15, -0.1) is 22.7 Å². The number of fused-ring (bicyclic) bond motifs is 1. The van der Waals surface area contributed by atoms with Crippen molar-refractivity contribution in [3.05, 3.63) is 68.8 Å². The van der Waals surface area contributed by atoms with Crippen molar-refractivity contribution in [3.8, 4) is 0 Å². The summed E-state index contributed by atoms with van der Waals surface area (Å²) in [5.41, 5.74) is 4.90. The average molecular weight is 513 g/mol. The van der Waals surface area contributed by atoms with Gasteiger partial charge in [0, 0.05) is 29.1 Å². The van der Waals surface area contributed by atoms with Crippen LogP contribution < -0.4 is 5.32 Å². The number of nitrogens with zero attached hydrogens (tertiary/aromatic N) is 3. The number of rotatable bonds is 10. The fourth-order valence-electron chi connectivity index (χ4n) is 3.76. The minimum absolute atomic E-state index is 0.0817. The predicted molar refractivity (Wildman–Crippen MR) is 136 cm³/mol. The zero-order chi connectivity index (χ0) is 24.8. The van der Waals surface area contributed by atoms with E-state index in [-0.39, 0.29) is 24.9 Å². The third kappa shape index (κ3) is 6.89. The van der Waals surface area contributed by atoms with Gasteiger partial charge in [-0.25, -0.2) is 14.8 Å². The lowest BCUT2D eigenvalue weighted by molar-refractivity contribution is -0.134. The molecule has 10 heteroatoms. The van der Waals surface area contributed by atoms with Crippen LogP contribution in [0.1, 0.15) is 35.8 Å². The number of carbonyl (C=O) groups is 2. The summed E-state index contributed by atoms with van der Waals surface area (Å²) in [7, 11) is 0. The lowest BCUT2D eigenvalue weighted by atomic mass is 10.1. The zero-order valence-electron chi connectivity index (χ0n) is 19.9. The number of carbonyl (C=O) groups excluding carboxylic acids is 2. The minimum Gasteiger partial charge on any atom is -0.464 e. The van der Waals surface area contributed by atoms with Gasteiger partial charge in [0.2, 0.25) is 5.91 Å². The summed E-state index contributed by atoms with van der Waals surface area (Å²) in [5, 5.41) is 8.50. The van der Waals surface area contributed by atoms with Crippen molar-refractivity contribution >= 4 is 45.6 Å². The molecular weight excluding hydrogens is 484 g/mol. The summed E-state index contributed by atoms with van der Waals surface area (Å²) >= 11 is 3.00. The molecule has 184 valence electrons. The number of aryl methyl sites for hydroxylation is 1. The highest BCUT2D eigenvalue weighted by atomic mass is 32.1. The minimum atomic E-state index is -0.806. The molecule has 0 aliphatic carbocycles. The van der Waals surface area contributed by atoms with E-state index >= 15 is 0 Å². The Morgan fingerprint density at radius 3 is 2.77 bits per heavy atom. The molecule has 0 saturated carbocycles. The molecule has 3 aromatic heterocycles. The second-order valence-electron chi connectivity index (χ2n) is 8.72. The van der Waals surface area contributed by atoms with Crippen molar-refractivity contribution in [2.75, 3.05) is 6.54 Å². The Balaban J connectivity index is 1.45. The standard InChI is InChI=1S/C25H28N4O4S2/c1-16(2)10-29(11-21-14-35-17(3)27-21)24(30)22(9-20-13-34-15-26-20)28-25(31)33-12-18-4-5-23-19(8-18)6-7-32-23/h4-8,13-16,22H,9-12H2,1-3H3,(H,28,31)/t22-/m0/s1. The first-order chi connectivity index (χ1) is 16.9. The van der Waals surface area contributed by atoms with Gasteiger partial charge < -0.3 is 19.4 Å². The monoisotopic (exact) mass is 512 g/mol. The molecule has 0 saturated heterocycles. The van der Waals surface area contributed by atoms with Crippen molar-refractivity contribution in [2.24, 2.45) is 5.92 Å². The smallest absolute Gasteiger partial charge is 0.408 e. The summed E-state index contributed by atoms with van der Waals surface area (Å²) in [4.78, 5) is 36.9. The van der Waals surface area contributed by atoms with E-state index in [9.17, 15) is 9.59 Å². The molecule has 0 aliphatic heterocycles. The largest absolute Gasteiger partial charge is 0.464 e. The quantitative estimate of drug-likeness (QED) is 0.315. The molecule has 35 heavy (non-hydrogen) atoms. The van der Waals surface area contributed by atoms with Crippen LogP contribution in [0, 0.1) is 12.8 Å². The highest BCUT2D eigenvalue weighted by Crippen LogP contribution is 2.18. The maximum absolute atomic E-state index is 13.6. The molecule has 8 nitrogen and oxygen atoms in total. The Kier molecular flexibility index (Phi) is 8.14. The third-order valence-corrected chi connectivity index (χ3v) is 6.75. The van der Waals surface area contributed by atoms with Crippen molar-refractivity contribution in [3.63, 3.8) is 0 Å². The number of furan rings is 1. The lowest BCUT2D eigenvalue weighted by Gasteiger charge is -2.28. The van der Waals surface area contributed by atoms with Gasteiger partial charge in [-0.3, -0.25) is 4.79 Å². The first kappa shape index (κ1) is 24.9. The van der Waals surface area contributed by atoms with Gasteiger partial charge in [0.15, 0.2) is 0 Å². The lowest BCUT2D eigenvalue weighted by Crippen LogP contribution is -2.50. The van der Waals surface area contributed by atoms with Crippen LogP contribution in [0.4, 0.5) is 4.79 Å². The van der Waals surface area contributed by atoms with Gasteiger partial charge in [-0.2, -0.15) is 0 Å². The van der Waals surface area contributed by atoms with Crippen LogP contribution in [0.5, 0.6) is 0 Å². The number of aromatic nitrogens is 2. The summed E-state index contributed by atoms with van der Waals surface area (Å²) in [6.07, 6.45) is 1.25. The molecule has 1 atom stereocenters. The van der Waals surface area contributed by atoms with E-state index in [1.165, 1.54) is 11.3 Å². The number of benzene rings is 1. The summed E-state index contributed by atoms with van der Waals surface area (Å²) in [6, 6.07) is 6.64. The molecule has 1 N–H and O–H groups in total. The van der Waals surface area contributed by atoms with Crippen LogP contribution in [0.15, 0.2) is 51.2 Å². The Morgan fingerprint density at radius 1 is 1.20 bits per heavy atom. The van der Waals surface area contributed by atoms with Crippen molar-refractivity contribution < 1.29 is 18.7 Å². The second kappa shape index (κ2) is 11.5. The molecule has 0 spiro atoms. The van der Waals surface area contributed by atoms with Crippen molar-refractivity contribution in [1.29, 1.82) is 0 Å². The zero-order valence-corrected chi connectivity index (χ0v) is 21.5. The molecule has 0 bridgehead atoms. The molecular formula is C25H28N4O4S2. The SMILES string of the molecule is Cc1nc(CN(CC(C)C)C(=O)[C@H](Cc2cscn2)NC(=O)OCc2ccc3occc3c2)cs1. The molecule has 2 amide bonds. The number of alkyl carbamates (subject to hydrolysis) is 1. The summed E-state index contributed by atoms with van der Waals surface area (Å²) in [6.45, 7) is 7.07. The normalized spacial score (nSPS) is 12.1. The molecule has 0 unspecified atom stereocenters. The van der Waals surface area contributed by atoms with E-state index in [0.29, 0.717) is 13.1 Å². The Labute approximate surface area is 212 Å². The summed E-state index contributed by atoms with van der Waals surface area (Å²) in [5.74, 6) is 0.0671. The number of ether oxygens (including phenoxy) is 1. The van der Waals surface area contributed by atoms with Gasteiger partial charge in [-0.05, 0) is 36.6 Å². The van der Waals surface area contributed by atoms with Gasteiger partial charge >= 0.3 is 6.09 Å². The predicted octanol–water partition coefficient (Wildman–Crippen LogP) is 5.18. The summed E-state index contributed by atoms with van der Waals surface area (Å²) < 4.78 is 10.8. The van der Waals surface area contributed by atoms with Crippen LogP contribution in [0.25, 0.3) is 11.0 Å². The Bertz CT molecular complexity index is 1270. The molecule has 4 rings (SSSR count). The van der Waals surface area contributed by atoms with Gasteiger partial charge in [0.05, 0.1) is 34.7 Å².